The fourth-order valence-corrected chi connectivity index (χ4v) is 6.89. The molecule has 1 aromatic carbocycles. The molecule has 2 aliphatic heterocycles. The Hall–Kier alpha value is -2.68. The van der Waals surface area contributed by atoms with Crippen LogP contribution in [0, 0.1) is 5.41 Å². The molecule has 2 amide bonds. The number of hydrogen-bond donors (Lipinski definition) is 2. The number of hydrogen-bond acceptors (Lipinski definition) is 5. The fourth-order valence-electron chi connectivity index (χ4n) is 6.36. The van der Waals surface area contributed by atoms with Crippen molar-refractivity contribution in [2.75, 3.05) is 26.2 Å². The number of halogens is 2. The van der Waals surface area contributed by atoms with Gasteiger partial charge in [0, 0.05) is 53.7 Å². The molecule has 0 saturated carbocycles. The molecule has 2 heterocycles. The number of benzene rings is 1. The molecule has 1 saturated heterocycles. The Bertz CT molecular complexity index is 1320. The molecule has 1 spiro atoms. The number of carbonyl (C=O) groups is 3. The first-order valence-corrected chi connectivity index (χ1v) is 16.6. The minimum absolute atomic E-state index is 0.0577. The van der Waals surface area contributed by atoms with E-state index in [9.17, 15) is 14.4 Å². The first-order valence-electron chi connectivity index (χ1n) is 15.8. The summed E-state index contributed by atoms with van der Waals surface area (Å²) in [5.41, 5.74) is 2.15. The number of carboxylic acids is 1. The Balaban J connectivity index is 1.70. The number of allylic oxidation sites excluding steroid dienone is 2. The van der Waals surface area contributed by atoms with Gasteiger partial charge in [0.2, 0.25) is 5.91 Å². The van der Waals surface area contributed by atoms with Crippen molar-refractivity contribution in [1.29, 1.82) is 0 Å². The maximum absolute atomic E-state index is 14.6. The number of amides is 2. The molecule has 3 aliphatic rings. The molecule has 0 radical (unpaired) electrons. The third-order valence-corrected chi connectivity index (χ3v) is 9.25. The van der Waals surface area contributed by atoms with E-state index in [-0.39, 0.29) is 36.2 Å². The van der Waals surface area contributed by atoms with Crippen LogP contribution in [0.4, 0.5) is 0 Å². The van der Waals surface area contributed by atoms with Crippen molar-refractivity contribution in [3.05, 3.63) is 57.1 Å². The van der Waals surface area contributed by atoms with Crippen LogP contribution in [0.25, 0.3) is 0 Å². The van der Waals surface area contributed by atoms with Crippen LogP contribution in [0.5, 0.6) is 0 Å². The molecule has 1 unspecified atom stereocenters. The Morgan fingerprint density at radius 1 is 1.09 bits per heavy atom. The highest BCUT2D eigenvalue weighted by Gasteiger charge is 2.52. The highest BCUT2D eigenvalue weighted by molar-refractivity contribution is 6.48. The van der Waals surface area contributed by atoms with Crippen LogP contribution in [0.3, 0.4) is 0 Å². The largest absolute Gasteiger partial charge is 0.481 e. The molecule has 10 heteroatoms. The normalized spacial score (nSPS) is 19.5. The van der Waals surface area contributed by atoms with Crippen molar-refractivity contribution in [2.45, 2.75) is 97.2 Å². The van der Waals surface area contributed by atoms with Crippen molar-refractivity contribution in [3.8, 4) is 0 Å². The van der Waals surface area contributed by atoms with Crippen LogP contribution in [0.2, 0.25) is 10.0 Å². The second-order valence-electron chi connectivity index (χ2n) is 13.4. The van der Waals surface area contributed by atoms with Crippen LogP contribution >= 0.6 is 23.2 Å². The van der Waals surface area contributed by atoms with Crippen molar-refractivity contribution < 1.29 is 19.5 Å². The van der Waals surface area contributed by atoms with Gasteiger partial charge in [-0.2, -0.15) is 0 Å². The summed E-state index contributed by atoms with van der Waals surface area (Å²) in [4.78, 5) is 47.9. The summed E-state index contributed by atoms with van der Waals surface area (Å²) >= 11 is 12.8. The van der Waals surface area contributed by atoms with Crippen LogP contribution < -0.4 is 5.32 Å². The lowest BCUT2D eigenvalue weighted by Gasteiger charge is -2.47. The molecule has 8 nitrogen and oxygen atoms in total. The fraction of sp³-hybridized carbons (Fsp3) is 0.588. The number of nitrogens with one attached hydrogen (secondary N) is 1. The van der Waals surface area contributed by atoms with Gasteiger partial charge in [-0.25, -0.2) is 0 Å². The number of carbonyl (C=O) groups excluding carboxylic acids is 2. The van der Waals surface area contributed by atoms with Gasteiger partial charge in [0.05, 0.1) is 12.5 Å². The maximum Gasteiger partial charge on any atom is 0.305 e. The molecule has 240 valence electrons. The average Bonchev–Trinajstić information content (AvgIpc) is 3.23. The predicted molar refractivity (Wildman–Crippen MR) is 176 cm³/mol. The van der Waals surface area contributed by atoms with Crippen LogP contribution in [-0.4, -0.2) is 76.3 Å². The smallest absolute Gasteiger partial charge is 0.305 e. The maximum atomic E-state index is 14.6. The van der Waals surface area contributed by atoms with Gasteiger partial charge in [-0.05, 0) is 67.8 Å². The van der Waals surface area contributed by atoms with E-state index in [0.29, 0.717) is 39.7 Å². The molecule has 4 rings (SSSR count). The number of nitrogens with zero attached hydrogens (tertiary/aromatic N) is 3. The quantitative estimate of drug-likeness (QED) is 0.265. The number of aliphatic imine (C=N–C) groups is 1. The molecule has 1 atom stereocenters. The summed E-state index contributed by atoms with van der Waals surface area (Å²) in [6.45, 7) is 11.7. The van der Waals surface area contributed by atoms with Crippen LogP contribution in [0.1, 0.15) is 91.0 Å². The van der Waals surface area contributed by atoms with E-state index < -0.39 is 11.6 Å². The molecule has 1 aromatic rings. The Kier molecular flexibility index (Phi) is 11.4. The van der Waals surface area contributed by atoms with Gasteiger partial charge in [0.1, 0.15) is 11.4 Å². The Morgan fingerprint density at radius 2 is 1.77 bits per heavy atom. The summed E-state index contributed by atoms with van der Waals surface area (Å²) < 4.78 is 0. The van der Waals surface area contributed by atoms with Crippen molar-refractivity contribution in [3.63, 3.8) is 0 Å². The molecular formula is C34H46Cl2N4O4. The highest BCUT2D eigenvalue weighted by Crippen LogP contribution is 2.43. The second-order valence-corrected chi connectivity index (χ2v) is 14.3. The number of piperidine rings is 1. The van der Waals surface area contributed by atoms with E-state index in [4.69, 9.17) is 33.3 Å². The Morgan fingerprint density at radius 3 is 2.34 bits per heavy atom. The molecular weight excluding hydrogens is 599 g/mol. The van der Waals surface area contributed by atoms with Gasteiger partial charge in [-0.3, -0.25) is 19.4 Å². The second kappa shape index (κ2) is 14.6. The van der Waals surface area contributed by atoms with E-state index in [1.807, 2.05) is 12.2 Å². The first-order chi connectivity index (χ1) is 20.8. The third-order valence-electron chi connectivity index (χ3n) is 8.82. The van der Waals surface area contributed by atoms with Crippen molar-refractivity contribution in [2.24, 2.45) is 10.4 Å². The van der Waals surface area contributed by atoms with Gasteiger partial charge < -0.3 is 20.2 Å². The molecule has 0 aromatic heterocycles. The van der Waals surface area contributed by atoms with Gasteiger partial charge in [0.25, 0.3) is 5.91 Å². The topological polar surface area (TPSA) is 102 Å². The first kappa shape index (κ1) is 34.2. The highest BCUT2D eigenvalue weighted by atomic mass is 35.5. The van der Waals surface area contributed by atoms with Gasteiger partial charge >= 0.3 is 5.97 Å². The van der Waals surface area contributed by atoms with E-state index in [0.717, 1.165) is 63.7 Å². The molecule has 44 heavy (non-hydrogen) atoms. The zero-order chi connectivity index (χ0) is 32.1. The zero-order valence-corrected chi connectivity index (χ0v) is 27.9. The monoisotopic (exact) mass is 644 g/mol. The van der Waals surface area contributed by atoms with Gasteiger partial charge in [-0.1, -0.05) is 69.5 Å². The zero-order valence-electron chi connectivity index (χ0n) is 26.4. The standard InChI is InChI=1S/C34H46Cl2N4O4/c1-5-6-17-39-18-14-34(15-19-39)38-30(25-20-26(35)22-27(36)21-25)32(44)40(34)28(11-13-33(2,3)4)23-7-9-24(10-8-23)31(43)37-16-12-29(41)42/h7,9,20-22,28H,5-6,8,10-19H2,1-4H3,(H,37,43)(H,41,42). The number of carboxylic acid groups (broad SMARTS) is 1. The summed E-state index contributed by atoms with van der Waals surface area (Å²) in [5, 5.41) is 12.5. The van der Waals surface area contributed by atoms with Crippen molar-refractivity contribution in [1.82, 2.24) is 15.1 Å². The molecule has 0 bridgehead atoms. The average molecular weight is 646 g/mol. The van der Waals surface area contributed by atoms with E-state index in [1.54, 1.807) is 18.2 Å². The van der Waals surface area contributed by atoms with Crippen molar-refractivity contribution >= 4 is 46.7 Å². The summed E-state index contributed by atoms with van der Waals surface area (Å²) in [7, 11) is 0. The molecule has 1 fully saturated rings. The summed E-state index contributed by atoms with van der Waals surface area (Å²) in [6, 6.07) is 5.00. The SMILES string of the molecule is CCCCN1CCC2(CC1)N=C(c1cc(Cl)cc(Cl)c1)C(=O)N2C(CCC(C)(C)C)C1=CC=C(C(=O)NCCC(=O)O)CC1. The minimum atomic E-state index is -0.950. The lowest BCUT2D eigenvalue weighted by molar-refractivity contribution is -0.137. The number of aliphatic carboxylic acids is 1. The lowest BCUT2D eigenvalue weighted by atomic mass is 9.82. The van der Waals surface area contributed by atoms with Gasteiger partial charge in [0.15, 0.2) is 0 Å². The predicted octanol–water partition coefficient (Wildman–Crippen LogP) is 6.65. The summed E-state index contributed by atoms with van der Waals surface area (Å²) in [6.07, 6.45) is 10.3. The minimum Gasteiger partial charge on any atom is -0.481 e. The van der Waals surface area contributed by atoms with Crippen LogP contribution in [-0.2, 0) is 14.4 Å². The van der Waals surface area contributed by atoms with E-state index in [1.165, 1.54) is 0 Å². The molecule has 1 aliphatic carbocycles. The molecule has 2 N–H and O–H groups in total. The Labute approximate surface area is 271 Å². The third kappa shape index (κ3) is 8.52. The lowest BCUT2D eigenvalue weighted by Crippen LogP contribution is -2.57. The van der Waals surface area contributed by atoms with Crippen LogP contribution in [0.15, 0.2) is 46.5 Å². The number of likely N-dealkylation sites (tertiary alicyclic amines) is 1. The number of rotatable bonds is 12. The van der Waals surface area contributed by atoms with Gasteiger partial charge in [-0.15, -0.1) is 0 Å². The summed E-state index contributed by atoms with van der Waals surface area (Å²) in [5.74, 6) is -1.30. The number of unbranched alkanes of at least 4 members (excludes halogenated alkanes) is 1. The van der Waals surface area contributed by atoms with E-state index >= 15 is 0 Å². The van der Waals surface area contributed by atoms with E-state index in [2.05, 4.69) is 42.8 Å².